The van der Waals surface area contributed by atoms with Crippen LogP contribution in [0.25, 0.3) is 11.3 Å². The molecule has 9 nitrogen and oxygen atoms in total. The van der Waals surface area contributed by atoms with Crippen molar-refractivity contribution in [2.24, 2.45) is 11.0 Å². The van der Waals surface area contributed by atoms with Crippen LogP contribution in [0.1, 0.15) is 36.8 Å². The second-order valence-corrected chi connectivity index (χ2v) is 7.34. The van der Waals surface area contributed by atoms with E-state index in [9.17, 15) is 14.9 Å². The minimum absolute atomic E-state index is 0.0442. The van der Waals surface area contributed by atoms with Crippen LogP contribution >= 0.6 is 0 Å². The highest BCUT2D eigenvalue weighted by atomic mass is 16.6. The molecule has 2 aromatic carbocycles. The topological polar surface area (TPSA) is 123 Å². The number of nitro groups is 1. The molecule has 1 heterocycles. The molecule has 31 heavy (non-hydrogen) atoms. The molecule has 2 N–H and O–H groups in total. The summed E-state index contributed by atoms with van der Waals surface area (Å²) in [6.07, 6.45) is 0. The highest BCUT2D eigenvalue weighted by molar-refractivity contribution is 6.01. The number of hydrogen-bond acceptors (Lipinski definition) is 6. The van der Waals surface area contributed by atoms with Gasteiger partial charge in [-0.15, -0.1) is 0 Å². The molecule has 0 bridgehead atoms. The third-order valence-corrected chi connectivity index (χ3v) is 4.36. The zero-order chi connectivity index (χ0) is 22.4. The van der Waals surface area contributed by atoms with Crippen molar-refractivity contribution >= 4 is 17.3 Å². The van der Waals surface area contributed by atoms with Crippen LogP contribution in [0.5, 0.6) is 5.75 Å². The third-order valence-electron chi connectivity index (χ3n) is 4.36. The Hall–Kier alpha value is -4.01. The molecule has 0 unspecified atom stereocenters. The van der Waals surface area contributed by atoms with Gasteiger partial charge in [-0.3, -0.25) is 20.0 Å². The van der Waals surface area contributed by atoms with Gasteiger partial charge in [0.25, 0.3) is 11.6 Å². The lowest BCUT2D eigenvalue weighted by molar-refractivity contribution is -0.384. The summed E-state index contributed by atoms with van der Waals surface area (Å²) >= 11 is 0. The molecule has 0 atom stereocenters. The van der Waals surface area contributed by atoms with Crippen molar-refractivity contribution in [2.75, 3.05) is 6.61 Å². The predicted octanol–water partition coefficient (Wildman–Crippen LogP) is 4.17. The van der Waals surface area contributed by atoms with Crippen molar-refractivity contribution in [2.45, 2.75) is 20.8 Å². The number of amides is 1. The fourth-order valence-electron chi connectivity index (χ4n) is 2.67. The van der Waals surface area contributed by atoms with Gasteiger partial charge in [-0.05, 0) is 43.2 Å². The predicted molar refractivity (Wildman–Crippen MR) is 117 cm³/mol. The number of benzene rings is 2. The van der Waals surface area contributed by atoms with E-state index in [1.807, 2.05) is 24.3 Å². The van der Waals surface area contributed by atoms with E-state index in [1.54, 1.807) is 25.1 Å². The molecule has 3 rings (SSSR count). The molecule has 0 fully saturated rings. The van der Waals surface area contributed by atoms with Crippen LogP contribution in [0, 0.1) is 16.0 Å². The van der Waals surface area contributed by atoms with E-state index >= 15 is 0 Å². The van der Waals surface area contributed by atoms with E-state index in [2.05, 4.69) is 34.6 Å². The van der Waals surface area contributed by atoms with E-state index in [-0.39, 0.29) is 11.4 Å². The number of nitrogens with one attached hydrogen (secondary N) is 2. The molecular weight excluding hydrogens is 398 g/mol. The number of nitro benzene ring substituents is 1. The van der Waals surface area contributed by atoms with Crippen LogP contribution in [0.15, 0.2) is 59.7 Å². The Morgan fingerprint density at radius 2 is 1.97 bits per heavy atom. The number of non-ortho nitro benzene ring substituents is 1. The van der Waals surface area contributed by atoms with Crippen LogP contribution in [0.2, 0.25) is 0 Å². The maximum absolute atomic E-state index is 12.4. The summed E-state index contributed by atoms with van der Waals surface area (Å²) in [5, 5.41) is 21.8. The molecule has 0 aliphatic carbocycles. The smallest absolute Gasteiger partial charge is 0.289 e. The highest BCUT2D eigenvalue weighted by Gasteiger charge is 2.12. The lowest BCUT2D eigenvalue weighted by Gasteiger charge is -2.08. The quantitative estimate of drug-likeness (QED) is 0.321. The minimum atomic E-state index is -0.482. The highest BCUT2D eigenvalue weighted by Crippen LogP contribution is 2.22. The molecule has 0 saturated carbocycles. The van der Waals surface area contributed by atoms with E-state index in [0.29, 0.717) is 29.5 Å². The molecule has 3 aromatic rings. The summed E-state index contributed by atoms with van der Waals surface area (Å²) in [6, 6.07) is 15.1. The van der Waals surface area contributed by atoms with Crippen molar-refractivity contribution in [3.8, 4) is 17.0 Å². The van der Waals surface area contributed by atoms with Gasteiger partial charge in [0.05, 0.1) is 22.9 Å². The van der Waals surface area contributed by atoms with Crippen molar-refractivity contribution in [1.82, 2.24) is 15.6 Å². The molecular formula is C22H23N5O4. The molecule has 1 aromatic heterocycles. The third kappa shape index (κ3) is 5.75. The lowest BCUT2D eigenvalue weighted by atomic mass is 10.1. The van der Waals surface area contributed by atoms with Crippen molar-refractivity contribution < 1.29 is 14.5 Å². The summed E-state index contributed by atoms with van der Waals surface area (Å²) in [6.45, 7) is 6.46. The number of hydrogen-bond donors (Lipinski definition) is 2. The Kier molecular flexibility index (Phi) is 6.76. The number of aromatic nitrogens is 2. The van der Waals surface area contributed by atoms with Crippen molar-refractivity contribution in [3.05, 3.63) is 76.0 Å². The fourth-order valence-corrected chi connectivity index (χ4v) is 2.67. The Morgan fingerprint density at radius 1 is 1.23 bits per heavy atom. The van der Waals surface area contributed by atoms with Gasteiger partial charge >= 0.3 is 0 Å². The first-order chi connectivity index (χ1) is 14.8. The van der Waals surface area contributed by atoms with E-state index < -0.39 is 10.8 Å². The summed E-state index contributed by atoms with van der Waals surface area (Å²) in [5.41, 5.74) is 5.06. The van der Waals surface area contributed by atoms with E-state index in [4.69, 9.17) is 4.74 Å². The van der Waals surface area contributed by atoms with Gasteiger partial charge in [-0.1, -0.05) is 26.0 Å². The second kappa shape index (κ2) is 9.66. The summed E-state index contributed by atoms with van der Waals surface area (Å²) < 4.78 is 5.67. The molecule has 0 aliphatic rings. The van der Waals surface area contributed by atoms with Gasteiger partial charge in [0.1, 0.15) is 11.4 Å². The van der Waals surface area contributed by atoms with E-state index in [1.165, 1.54) is 12.1 Å². The number of carbonyl (C=O) groups is 1. The van der Waals surface area contributed by atoms with Crippen LogP contribution in [0.4, 0.5) is 5.69 Å². The molecule has 0 radical (unpaired) electrons. The van der Waals surface area contributed by atoms with Crippen molar-refractivity contribution in [1.29, 1.82) is 0 Å². The molecule has 1 amide bonds. The van der Waals surface area contributed by atoms with Crippen LogP contribution in [-0.2, 0) is 0 Å². The molecule has 160 valence electrons. The maximum atomic E-state index is 12.4. The van der Waals surface area contributed by atoms with Crippen LogP contribution in [-0.4, -0.2) is 33.3 Å². The second-order valence-electron chi connectivity index (χ2n) is 7.34. The number of H-pyrrole nitrogens is 1. The normalized spacial score (nSPS) is 11.4. The molecule has 9 heteroatoms. The Balaban J connectivity index is 1.65. The Bertz CT molecular complexity index is 1100. The summed E-state index contributed by atoms with van der Waals surface area (Å²) in [5.74, 6) is 0.743. The largest absolute Gasteiger partial charge is 0.493 e. The Labute approximate surface area is 179 Å². The summed E-state index contributed by atoms with van der Waals surface area (Å²) in [7, 11) is 0. The van der Waals surface area contributed by atoms with E-state index in [0.717, 1.165) is 11.3 Å². The average molecular weight is 421 g/mol. The monoisotopic (exact) mass is 421 g/mol. The first kappa shape index (κ1) is 21.7. The van der Waals surface area contributed by atoms with Gasteiger partial charge in [-0.25, -0.2) is 5.43 Å². The number of hydrazone groups is 1. The molecule has 0 spiro atoms. The number of rotatable bonds is 8. The molecule has 0 saturated heterocycles. The van der Waals surface area contributed by atoms with Gasteiger partial charge in [0, 0.05) is 23.3 Å². The zero-order valence-corrected chi connectivity index (χ0v) is 17.5. The first-order valence-corrected chi connectivity index (χ1v) is 9.71. The van der Waals surface area contributed by atoms with Crippen molar-refractivity contribution in [3.63, 3.8) is 0 Å². The maximum Gasteiger partial charge on any atom is 0.289 e. The standard InChI is InChI=1S/C22H23N5O4/c1-14(2)13-31-19-9-7-16(8-10-19)20-12-21(25-24-20)22(28)26-23-15(3)17-5-4-6-18(11-17)27(29)30/h4-12,14H,13H2,1-3H3,(H,24,25)(H,26,28)/b23-15+. The number of aromatic amines is 1. The van der Waals surface area contributed by atoms with Gasteiger partial charge in [0.15, 0.2) is 0 Å². The first-order valence-electron chi connectivity index (χ1n) is 9.71. The number of ether oxygens (including phenoxy) is 1. The van der Waals surface area contributed by atoms with Gasteiger partial charge in [-0.2, -0.15) is 10.2 Å². The number of carbonyl (C=O) groups excluding carboxylic acids is 1. The average Bonchev–Trinajstić information content (AvgIpc) is 3.26. The fraction of sp³-hybridized carbons (Fsp3) is 0.227. The van der Waals surface area contributed by atoms with Gasteiger partial charge < -0.3 is 4.74 Å². The van der Waals surface area contributed by atoms with Crippen LogP contribution in [0.3, 0.4) is 0 Å². The zero-order valence-electron chi connectivity index (χ0n) is 17.5. The van der Waals surface area contributed by atoms with Gasteiger partial charge in [0.2, 0.25) is 0 Å². The van der Waals surface area contributed by atoms with Crippen LogP contribution < -0.4 is 10.2 Å². The molecule has 0 aliphatic heterocycles. The number of nitrogens with zero attached hydrogens (tertiary/aromatic N) is 3. The SMILES string of the molecule is C/C(=N\NC(=O)c1cc(-c2ccc(OCC(C)C)cc2)n[nH]1)c1cccc([N+](=O)[O-])c1. The summed E-state index contributed by atoms with van der Waals surface area (Å²) in [4.78, 5) is 22.8. The Morgan fingerprint density at radius 3 is 2.65 bits per heavy atom. The minimum Gasteiger partial charge on any atom is -0.493 e. The lowest BCUT2D eigenvalue weighted by Crippen LogP contribution is -2.19.